The SMILES string of the molecule is CCCCCCCCCC(CCCCCCCCC)(COC1OC(CO)[C@H](OC2OC(CO)[C@H](C)C(O)[C@H]2O)C(O)[C@H]1O)CO[C@H]1OC(CO)[C@H](O[C@H]2CC(O)[C@@H](O)C(CO)O2)C(O)[C@H]1O. The third kappa shape index (κ3) is 16.1. The highest BCUT2D eigenvalue weighted by Gasteiger charge is 2.52. The van der Waals surface area contributed by atoms with E-state index in [0.717, 1.165) is 89.9 Å². The summed E-state index contributed by atoms with van der Waals surface area (Å²) in [4.78, 5) is 0. The minimum atomic E-state index is -1.72. The van der Waals surface area contributed by atoms with E-state index in [0.29, 0.717) is 12.8 Å². The van der Waals surface area contributed by atoms with E-state index in [1.54, 1.807) is 6.92 Å². The highest BCUT2D eigenvalue weighted by Crippen LogP contribution is 2.38. The number of unbranched alkanes of at least 4 members (excludes halogenated alkanes) is 12. The van der Waals surface area contributed by atoms with Crippen molar-refractivity contribution in [3.63, 3.8) is 0 Å². The molecule has 0 aliphatic carbocycles. The lowest BCUT2D eigenvalue weighted by atomic mass is 9.79. The molecule has 66 heavy (non-hydrogen) atoms. The van der Waals surface area contributed by atoms with Gasteiger partial charge in [-0.1, -0.05) is 111 Å². The van der Waals surface area contributed by atoms with Gasteiger partial charge in [0.1, 0.15) is 67.1 Å². The molecule has 0 amide bonds. The van der Waals surface area contributed by atoms with E-state index in [1.165, 1.54) is 0 Å². The summed E-state index contributed by atoms with van der Waals surface area (Å²) >= 11 is 0. The molecular formula is C46H86O20. The lowest BCUT2D eigenvalue weighted by Gasteiger charge is -2.47. The van der Waals surface area contributed by atoms with Crippen LogP contribution in [-0.2, 0) is 37.9 Å². The van der Waals surface area contributed by atoms with E-state index < -0.39 is 148 Å². The monoisotopic (exact) mass is 959 g/mol. The first-order chi connectivity index (χ1) is 31.7. The van der Waals surface area contributed by atoms with Crippen molar-refractivity contribution < 1.29 is 99.2 Å². The van der Waals surface area contributed by atoms with Gasteiger partial charge in [-0.05, 0) is 12.8 Å². The summed E-state index contributed by atoms with van der Waals surface area (Å²) in [5, 5.41) is 128. The van der Waals surface area contributed by atoms with Crippen LogP contribution in [0.1, 0.15) is 130 Å². The molecule has 4 heterocycles. The molecule has 0 radical (unpaired) electrons. The van der Waals surface area contributed by atoms with Crippen molar-refractivity contribution in [1.82, 2.24) is 0 Å². The second-order valence-corrected chi connectivity index (χ2v) is 19.1. The van der Waals surface area contributed by atoms with Crippen molar-refractivity contribution in [3.8, 4) is 0 Å². The van der Waals surface area contributed by atoms with Crippen LogP contribution in [0, 0.1) is 11.3 Å². The standard InChI is InChI=1S/C46H86O20/c1-4-6-8-10-12-14-16-18-46(19-17-15-13-11-9-7-5-2,25-59-43-39(57)36(54)41(31(23-49)63-43)65-33-20-28(51)35(53)30(22-48)61-33)26-60-44-40(58)37(55)42(32(24-50)64-44)66-45-38(56)34(52)27(3)29(21-47)62-45/h27-45,47-58H,4-26H2,1-3H3/t27-,28?,29?,30?,31?,32?,33-,34?,35+,36?,37?,38+,39+,40+,41-,42-,43-,44?,45?/m0/s1. The average Bonchev–Trinajstić information content (AvgIpc) is 3.31. The number of ether oxygens (including phenoxy) is 8. The van der Waals surface area contributed by atoms with Gasteiger partial charge in [0.25, 0.3) is 0 Å². The van der Waals surface area contributed by atoms with Gasteiger partial charge in [-0.25, -0.2) is 0 Å². The Bertz CT molecular complexity index is 1260. The summed E-state index contributed by atoms with van der Waals surface area (Å²) in [5.41, 5.74) is -0.808. The Balaban J connectivity index is 1.52. The van der Waals surface area contributed by atoms with Crippen molar-refractivity contribution in [1.29, 1.82) is 0 Å². The van der Waals surface area contributed by atoms with Crippen LogP contribution in [0.25, 0.3) is 0 Å². The lowest BCUT2D eigenvalue weighted by Crippen LogP contribution is -2.64. The summed E-state index contributed by atoms with van der Waals surface area (Å²) in [6, 6.07) is 0. The Morgan fingerprint density at radius 2 is 0.848 bits per heavy atom. The molecule has 4 fully saturated rings. The van der Waals surface area contributed by atoms with E-state index in [1.807, 2.05) is 0 Å². The summed E-state index contributed by atoms with van der Waals surface area (Å²) < 4.78 is 47.8. The first-order valence-corrected chi connectivity index (χ1v) is 24.7. The minimum Gasteiger partial charge on any atom is -0.394 e. The predicted molar refractivity (Wildman–Crippen MR) is 234 cm³/mol. The second kappa shape index (κ2) is 29.5. The molecule has 0 bridgehead atoms. The molecule has 0 saturated carbocycles. The maximum absolute atomic E-state index is 11.4. The van der Waals surface area contributed by atoms with Crippen molar-refractivity contribution in [2.45, 2.75) is 241 Å². The third-order valence-corrected chi connectivity index (χ3v) is 13.9. The van der Waals surface area contributed by atoms with E-state index in [9.17, 15) is 61.3 Å². The maximum atomic E-state index is 11.4. The van der Waals surface area contributed by atoms with Crippen LogP contribution >= 0.6 is 0 Å². The number of rotatable bonds is 30. The van der Waals surface area contributed by atoms with Gasteiger partial charge in [0, 0.05) is 17.8 Å². The molecule has 4 aliphatic heterocycles. The van der Waals surface area contributed by atoms with Gasteiger partial charge in [-0.3, -0.25) is 0 Å². The van der Waals surface area contributed by atoms with Gasteiger partial charge in [-0.2, -0.15) is 0 Å². The van der Waals surface area contributed by atoms with E-state index in [2.05, 4.69) is 13.8 Å². The van der Waals surface area contributed by atoms with Crippen LogP contribution in [0.4, 0.5) is 0 Å². The second-order valence-electron chi connectivity index (χ2n) is 19.1. The molecule has 0 aromatic heterocycles. The topological polar surface area (TPSA) is 317 Å². The summed E-state index contributed by atoms with van der Waals surface area (Å²) in [6.07, 6.45) is -10.2. The van der Waals surface area contributed by atoms with Crippen LogP contribution in [0.2, 0.25) is 0 Å². The molecule has 20 heteroatoms. The summed E-state index contributed by atoms with van der Waals surface area (Å²) in [6.45, 7) is 3.29. The highest BCUT2D eigenvalue weighted by atomic mass is 16.8. The van der Waals surface area contributed by atoms with Gasteiger partial charge in [0.2, 0.25) is 0 Å². The first kappa shape index (κ1) is 57.8. The molecule has 12 N–H and O–H groups in total. The number of hydrogen-bond donors (Lipinski definition) is 12. The van der Waals surface area contributed by atoms with Crippen LogP contribution in [0.3, 0.4) is 0 Å². The minimum absolute atomic E-state index is 0.0744. The van der Waals surface area contributed by atoms with Crippen LogP contribution < -0.4 is 0 Å². The molecule has 4 saturated heterocycles. The molecule has 0 aromatic carbocycles. The lowest BCUT2D eigenvalue weighted by molar-refractivity contribution is -0.359. The zero-order valence-electron chi connectivity index (χ0n) is 39.4. The normalized spacial score (nSPS) is 39.0. The predicted octanol–water partition coefficient (Wildman–Crippen LogP) is -0.160. The van der Waals surface area contributed by atoms with Gasteiger partial charge in [-0.15, -0.1) is 0 Å². The maximum Gasteiger partial charge on any atom is 0.187 e. The molecule has 20 nitrogen and oxygen atoms in total. The fraction of sp³-hybridized carbons (Fsp3) is 1.00. The average molecular weight is 959 g/mol. The molecule has 10 unspecified atom stereocenters. The van der Waals surface area contributed by atoms with Gasteiger partial charge < -0.3 is 99.2 Å². The number of aliphatic hydroxyl groups is 12. The fourth-order valence-corrected chi connectivity index (χ4v) is 9.48. The van der Waals surface area contributed by atoms with E-state index >= 15 is 0 Å². The molecule has 4 rings (SSSR count). The Kier molecular flexibility index (Phi) is 25.8. The molecular weight excluding hydrogens is 872 g/mol. The van der Waals surface area contributed by atoms with E-state index in [4.69, 9.17) is 37.9 Å². The zero-order chi connectivity index (χ0) is 48.4. The Morgan fingerprint density at radius 1 is 0.439 bits per heavy atom. The smallest absolute Gasteiger partial charge is 0.187 e. The van der Waals surface area contributed by atoms with Crippen LogP contribution in [-0.4, -0.2) is 212 Å². The number of aliphatic hydroxyl groups excluding tert-OH is 12. The van der Waals surface area contributed by atoms with Crippen molar-refractivity contribution >= 4 is 0 Å². The van der Waals surface area contributed by atoms with Gasteiger partial charge in [0.15, 0.2) is 25.2 Å². The van der Waals surface area contributed by atoms with Crippen molar-refractivity contribution in [2.24, 2.45) is 11.3 Å². The highest BCUT2D eigenvalue weighted by molar-refractivity contribution is 4.95. The number of hydrogen-bond acceptors (Lipinski definition) is 20. The van der Waals surface area contributed by atoms with Crippen molar-refractivity contribution in [3.05, 3.63) is 0 Å². The summed E-state index contributed by atoms with van der Waals surface area (Å²) in [7, 11) is 0. The van der Waals surface area contributed by atoms with Crippen LogP contribution in [0.15, 0.2) is 0 Å². The third-order valence-electron chi connectivity index (χ3n) is 13.9. The Morgan fingerprint density at radius 3 is 1.30 bits per heavy atom. The van der Waals surface area contributed by atoms with Crippen LogP contribution in [0.5, 0.6) is 0 Å². The first-order valence-electron chi connectivity index (χ1n) is 24.7. The Hall–Kier alpha value is -0.800. The molecule has 0 spiro atoms. The molecule has 19 atom stereocenters. The largest absolute Gasteiger partial charge is 0.394 e. The van der Waals surface area contributed by atoms with Crippen molar-refractivity contribution in [2.75, 3.05) is 39.6 Å². The van der Waals surface area contributed by atoms with Gasteiger partial charge in [0.05, 0.1) is 58.0 Å². The Labute approximate surface area is 390 Å². The van der Waals surface area contributed by atoms with E-state index in [-0.39, 0.29) is 19.6 Å². The zero-order valence-corrected chi connectivity index (χ0v) is 39.4. The molecule has 0 aromatic rings. The quantitative estimate of drug-likeness (QED) is 0.0416. The molecule has 390 valence electrons. The van der Waals surface area contributed by atoms with Gasteiger partial charge >= 0.3 is 0 Å². The fourth-order valence-electron chi connectivity index (χ4n) is 9.48. The summed E-state index contributed by atoms with van der Waals surface area (Å²) in [5.74, 6) is -0.643. The molecule has 4 aliphatic rings.